The molecule has 0 radical (unpaired) electrons. The summed E-state index contributed by atoms with van der Waals surface area (Å²) in [5.74, 6) is 1.63. The highest BCUT2D eigenvalue weighted by Crippen LogP contribution is 2.49. The summed E-state index contributed by atoms with van der Waals surface area (Å²) in [6.07, 6.45) is 7.31. The van der Waals surface area contributed by atoms with Crippen molar-refractivity contribution in [2.45, 2.75) is 39.5 Å². The van der Waals surface area contributed by atoms with Crippen molar-refractivity contribution in [3.8, 4) is 0 Å². The first kappa shape index (κ1) is 10.7. The molecule has 15 heavy (non-hydrogen) atoms. The van der Waals surface area contributed by atoms with Gasteiger partial charge in [0, 0.05) is 5.57 Å². The van der Waals surface area contributed by atoms with Gasteiger partial charge >= 0.3 is 5.97 Å². The summed E-state index contributed by atoms with van der Waals surface area (Å²) >= 11 is 0. The Bertz CT molecular complexity index is 291. The molecule has 2 heteroatoms. The van der Waals surface area contributed by atoms with Crippen molar-refractivity contribution >= 4 is 5.97 Å². The van der Waals surface area contributed by atoms with E-state index < -0.39 is 5.97 Å². The molecule has 2 rings (SSSR count). The summed E-state index contributed by atoms with van der Waals surface area (Å²) in [4.78, 5) is 11.1. The smallest absolute Gasteiger partial charge is 0.331 e. The molecule has 2 saturated carbocycles. The van der Waals surface area contributed by atoms with Crippen molar-refractivity contribution in [1.82, 2.24) is 0 Å². The molecule has 0 aromatic heterocycles. The molecular formula is C13H20O2. The Morgan fingerprint density at radius 2 is 2.07 bits per heavy atom. The maximum atomic E-state index is 11.1. The van der Waals surface area contributed by atoms with Crippen LogP contribution in [0.1, 0.15) is 39.5 Å². The molecule has 0 aromatic carbocycles. The number of aliphatic carboxylic acids is 1. The second-order valence-corrected chi connectivity index (χ2v) is 5.42. The van der Waals surface area contributed by atoms with Crippen LogP contribution in [0.5, 0.6) is 0 Å². The van der Waals surface area contributed by atoms with Crippen LogP contribution in [0.25, 0.3) is 0 Å². The van der Waals surface area contributed by atoms with Crippen LogP contribution < -0.4 is 0 Å². The van der Waals surface area contributed by atoms with Crippen LogP contribution in [-0.2, 0) is 4.79 Å². The summed E-state index contributed by atoms with van der Waals surface area (Å²) in [5, 5.41) is 9.11. The summed E-state index contributed by atoms with van der Waals surface area (Å²) < 4.78 is 0. The summed E-state index contributed by atoms with van der Waals surface area (Å²) in [6.45, 7) is 3.93. The van der Waals surface area contributed by atoms with E-state index in [1.54, 1.807) is 0 Å². The third-order valence-electron chi connectivity index (χ3n) is 4.06. The Morgan fingerprint density at radius 3 is 2.47 bits per heavy atom. The molecule has 0 heterocycles. The Hall–Kier alpha value is -0.790. The van der Waals surface area contributed by atoms with Gasteiger partial charge in [-0.1, -0.05) is 26.3 Å². The van der Waals surface area contributed by atoms with Gasteiger partial charge < -0.3 is 5.11 Å². The number of carbonyl (C=O) groups is 1. The highest BCUT2D eigenvalue weighted by Gasteiger charge is 2.38. The molecule has 0 aliphatic heterocycles. The van der Waals surface area contributed by atoms with E-state index in [2.05, 4.69) is 6.08 Å². The summed E-state index contributed by atoms with van der Waals surface area (Å²) in [7, 11) is 0. The molecule has 0 aromatic rings. The topological polar surface area (TPSA) is 37.3 Å². The van der Waals surface area contributed by atoms with E-state index >= 15 is 0 Å². The predicted octanol–water partition coefficient (Wildman–Crippen LogP) is 3.09. The zero-order valence-electron chi connectivity index (χ0n) is 9.57. The molecule has 3 atom stereocenters. The lowest BCUT2D eigenvalue weighted by molar-refractivity contribution is -0.133. The van der Waals surface area contributed by atoms with E-state index in [0.717, 1.165) is 11.8 Å². The van der Waals surface area contributed by atoms with E-state index in [1.165, 1.54) is 25.7 Å². The number of allylic oxidation sites excluding steroid dienone is 1. The van der Waals surface area contributed by atoms with Gasteiger partial charge in [0.1, 0.15) is 0 Å². The minimum atomic E-state index is -0.729. The summed E-state index contributed by atoms with van der Waals surface area (Å²) in [5.41, 5.74) is 0.618. The third-order valence-corrected chi connectivity index (χ3v) is 4.06. The van der Waals surface area contributed by atoms with Crippen molar-refractivity contribution in [3.05, 3.63) is 11.6 Å². The van der Waals surface area contributed by atoms with Gasteiger partial charge in [0.2, 0.25) is 0 Å². The first-order valence-corrected chi connectivity index (χ1v) is 6.03. The molecule has 0 spiro atoms. The van der Waals surface area contributed by atoms with Crippen molar-refractivity contribution in [1.29, 1.82) is 0 Å². The molecule has 2 aliphatic rings. The van der Waals surface area contributed by atoms with E-state index in [1.807, 2.05) is 13.8 Å². The Labute approximate surface area is 91.4 Å². The number of fused-ring (bicyclic) bond motifs is 2. The fourth-order valence-corrected chi connectivity index (χ4v) is 3.24. The standard InChI is InChI=1S/C13H20O2/c1-8(2)12(13(14)15)7-11-6-9-3-4-10(11)5-9/h7-11H,3-6H2,1-2H3,(H,14,15). The molecule has 3 unspecified atom stereocenters. The number of carboxylic acids is 1. The minimum absolute atomic E-state index is 0.140. The van der Waals surface area contributed by atoms with Crippen molar-refractivity contribution in [2.75, 3.05) is 0 Å². The van der Waals surface area contributed by atoms with Gasteiger partial charge in [-0.15, -0.1) is 0 Å². The molecule has 2 nitrogen and oxygen atoms in total. The van der Waals surface area contributed by atoms with Crippen LogP contribution in [-0.4, -0.2) is 11.1 Å². The second kappa shape index (κ2) is 3.99. The lowest BCUT2D eigenvalue weighted by Gasteiger charge is -2.19. The largest absolute Gasteiger partial charge is 0.478 e. The average molecular weight is 208 g/mol. The SMILES string of the molecule is CC(C)C(=CC1CC2CCC1C2)C(=O)O. The monoisotopic (exact) mass is 208 g/mol. The predicted molar refractivity (Wildman–Crippen MR) is 59.5 cm³/mol. The lowest BCUT2D eigenvalue weighted by atomic mass is 9.86. The molecule has 2 bridgehead atoms. The first-order chi connectivity index (χ1) is 7.08. The third kappa shape index (κ3) is 2.09. The van der Waals surface area contributed by atoms with Gasteiger partial charge in [0.25, 0.3) is 0 Å². The van der Waals surface area contributed by atoms with Crippen LogP contribution in [0, 0.1) is 23.7 Å². The van der Waals surface area contributed by atoms with Crippen LogP contribution in [0.3, 0.4) is 0 Å². The van der Waals surface area contributed by atoms with Crippen LogP contribution in [0.15, 0.2) is 11.6 Å². The van der Waals surface area contributed by atoms with Gasteiger partial charge in [-0.25, -0.2) is 4.79 Å². The minimum Gasteiger partial charge on any atom is -0.478 e. The maximum Gasteiger partial charge on any atom is 0.331 e. The van der Waals surface area contributed by atoms with E-state index in [-0.39, 0.29) is 5.92 Å². The van der Waals surface area contributed by atoms with Gasteiger partial charge in [-0.05, 0) is 42.9 Å². The zero-order chi connectivity index (χ0) is 11.0. The quantitative estimate of drug-likeness (QED) is 0.724. The van der Waals surface area contributed by atoms with Crippen molar-refractivity contribution in [3.63, 3.8) is 0 Å². The average Bonchev–Trinajstić information content (AvgIpc) is 2.73. The van der Waals surface area contributed by atoms with Gasteiger partial charge in [0.15, 0.2) is 0 Å². The molecule has 1 N–H and O–H groups in total. The van der Waals surface area contributed by atoms with Crippen LogP contribution in [0.2, 0.25) is 0 Å². The van der Waals surface area contributed by atoms with Crippen LogP contribution >= 0.6 is 0 Å². The van der Waals surface area contributed by atoms with Crippen LogP contribution in [0.4, 0.5) is 0 Å². The highest BCUT2D eigenvalue weighted by molar-refractivity contribution is 5.87. The summed E-state index contributed by atoms with van der Waals surface area (Å²) in [6, 6.07) is 0. The van der Waals surface area contributed by atoms with E-state index in [4.69, 9.17) is 5.11 Å². The number of carboxylic acid groups (broad SMARTS) is 1. The molecule has 84 valence electrons. The Kier molecular flexibility index (Phi) is 2.85. The first-order valence-electron chi connectivity index (χ1n) is 6.03. The normalized spacial score (nSPS) is 35.1. The van der Waals surface area contributed by atoms with Gasteiger partial charge in [0.05, 0.1) is 0 Å². The molecule has 0 amide bonds. The fourth-order valence-electron chi connectivity index (χ4n) is 3.24. The maximum absolute atomic E-state index is 11.1. The number of hydrogen-bond donors (Lipinski definition) is 1. The van der Waals surface area contributed by atoms with E-state index in [0.29, 0.717) is 11.5 Å². The number of rotatable bonds is 3. The van der Waals surface area contributed by atoms with Gasteiger partial charge in [-0.2, -0.15) is 0 Å². The second-order valence-electron chi connectivity index (χ2n) is 5.42. The Morgan fingerprint density at radius 1 is 1.33 bits per heavy atom. The lowest BCUT2D eigenvalue weighted by Crippen LogP contribution is -2.13. The molecular weight excluding hydrogens is 188 g/mol. The fraction of sp³-hybridized carbons (Fsp3) is 0.769. The zero-order valence-corrected chi connectivity index (χ0v) is 9.57. The van der Waals surface area contributed by atoms with Gasteiger partial charge in [-0.3, -0.25) is 0 Å². The highest BCUT2D eigenvalue weighted by atomic mass is 16.4. The van der Waals surface area contributed by atoms with Crippen molar-refractivity contribution in [2.24, 2.45) is 23.7 Å². The van der Waals surface area contributed by atoms with Crippen molar-refractivity contribution < 1.29 is 9.90 Å². The molecule has 2 fully saturated rings. The molecule has 0 saturated heterocycles. The molecule has 2 aliphatic carbocycles. The number of hydrogen-bond acceptors (Lipinski definition) is 1. The Balaban J connectivity index is 2.10. The van der Waals surface area contributed by atoms with E-state index in [9.17, 15) is 4.79 Å².